The Bertz CT molecular complexity index is 201. The molecular weight excluding hydrogens is 202 g/mol. The normalized spacial score (nSPS) is 25.7. The predicted molar refractivity (Wildman–Crippen MR) is 66.5 cm³/mol. The van der Waals surface area contributed by atoms with E-state index in [1.54, 1.807) is 0 Å². The molecule has 0 aromatic rings. The lowest BCUT2D eigenvalue weighted by Gasteiger charge is -2.34. The Labute approximate surface area is 99.8 Å². The van der Waals surface area contributed by atoms with Gasteiger partial charge in [-0.1, -0.05) is 27.7 Å². The van der Waals surface area contributed by atoms with Crippen LogP contribution in [0.5, 0.6) is 0 Å². The zero-order chi connectivity index (χ0) is 12.2. The molecule has 1 saturated heterocycles. The van der Waals surface area contributed by atoms with Crippen molar-refractivity contribution in [1.82, 2.24) is 4.90 Å². The van der Waals surface area contributed by atoms with Crippen molar-refractivity contribution in [2.45, 2.75) is 52.7 Å². The van der Waals surface area contributed by atoms with Crippen molar-refractivity contribution in [2.24, 2.45) is 5.41 Å². The molecule has 3 nitrogen and oxygen atoms in total. The fourth-order valence-corrected chi connectivity index (χ4v) is 1.97. The number of aliphatic hydroxyl groups excluding tert-OH is 1. The van der Waals surface area contributed by atoms with E-state index >= 15 is 0 Å². The minimum atomic E-state index is -0.213. The van der Waals surface area contributed by atoms with Gasteiger partial charge in [-0.15, -0.1) is 0 Å². The van der Waals surface area contributed by atoms with E-state index in [-0.39, 0.29) is 11.5 Å². The number of aliphatic hydroxyl groups is 1. The summed E-state index contributed by atoms with van der Waals surface area (Å²) in [5, 5.41) is 9.98. The minimum absolute atomic E-state index is 0.00353. The van der Waals surface area contributed by atoms with Crippen molar-refractivity contribution in [3.05, 3.63) is 0 Å². The standard InChI is InChI=1S/C13H27NO2/c1-5-11-10-14(8-9-16-11)7-6-12(15)13(2,3)4/h11-12,15H,5-10H2,1-4H3. The second-order valence-electron chi connectivity index (χ2n) is 5.87. The third kappa shape index (κ3) is 4.40. The van der Waals surface area contributed by atoms with Crippen molar-refractivity contribution >= 4 is 0 Å². The van der Waals surface area contributed by atoms with Crippen molar-refractivity contribution < 1.29 is 9.84 Å². The van der Waals surface area contributed by atoms with E-state index in [2.05, 4.69) is 32.6 Å². The first-order chi connectivity index (χ1) is 7.43. The maximum atomic E-state index is 9.98. The molecule has 1 aliphatic heterocycles. The smallest absolute Gasteiger partial charge is 0.0700 e. The molecule has 1 heterocycles. The molecule has 0 bridgehead atoms. The Hall–Kier alpha value is -0.120. The highest BCUT2D eigenvalue weighted by molar-refractivity contribution is 4.76. The molecule has 1 N–H and O–H groups in total. The van der Waals surface area contributed by atoms with Crippen LogP contribution in [0.2, 0.25) is 0 Å². The highest BCUT2D eigenvalue weighted by Crippen LogP contribution is 2.22. The summed E-state index contributed by atoms with van der Waals surface area (Å²) in [5.74, 6) is 0. The third-order valence-corrected chi connectivity index (χ3v) is 3.40. The van der Waals surface area contributed by atoms with Crippen LogP contribution in [0.4, 0.5) is 0 Å². The van der Waals surface area contributed by atoms with E-state index in [1.807, 2.05) is 0 Å². The van der Waals surface area contributed by atoms with Gasteiger partial charge in [0.2, 0.25) is 0 Å². The first kappa shape index (κ1) is 13.9. The fraction of sp³-hybridized carbons (Fsp3) is 1.00. The number of hydrogen-bond acceptors (Lipinski definition) is 3. The fourth-order valence-electron chi connectivity index (χ4n) is 1.97. The maximum absolute atomic E-state index is 9.98. The molecule has 1 rings (SSSR count). The zero-order valence-corrected chi connectivity index (χ0v) is 11.2. The van der Waals surface area contributed by atoms with Crippen molar-refractivity contribution in [1.29, 1.82) is 0 Å². The topological polar surface area (TPSA) is 32.7 Å². The Morgan fingerprint density at radius 1 is 1.44 bits per heavy atom. The van der Waals surface area contributed by atoms with E-state index in [0.29, 0.717) is 6.10 Å². The van der Waals surface area contributed by atoms with Gasteiger partial charge in [-0.2, -0.15) is 0 Å². The summed E-state index contributed by atoms with van der Waals surface area (Å²) in [7, 11) is 0. The first-order valence-corrected chi connectivity index (χ1v) is 6.45. The van der Waals surface area contributed by atoms with Crippen LogP contribution < -0.4 is 0 Å². The van der Waals surface area contributed by atoms with Crippen LogP contribution in [-0.2, 0) is 4.74 Å². The maximum Gasteiger partial charge on any atom is 0.0700 e. The molecule has 1 aliphatic rings. The number of morpholine rings is 1. The molecule has 0 radical (unpaired) electrons. The molecule has 1 fully saturated rings. The molecule has 0 saturated carbocycles. The van der Waals surface area contributed by atoms with Crippen LogP contribution in [0, 0.1) is 5.41 Å². The monoisotopic (exact) mass is 229 g/mol. The second-order valence-corrected chi connectivity index (χ2v) is 5.87. The molecule has 2 atom stereocenters. The molecule has 0 spiro atoms. The molecule has 0 aromatic carbocycles. The molecule has 2 unspecified atom stereocenters. The summed E-state index contributed by atoms with van der Waals surface area (Å²) >= 11 is 0. The summed E-state index contributed by atoms with van der Waals surface area (Å²) in [6.07, 6.45) is 2.12. The lowest BCUT2D eigenvalue weighted by Crippen LogP contribution is -2.43. The van der Waals surface area contributed by atoms with E-state index in [9.17, 15) is 5.11 Å². The molecular formula is C13H27NO2. The molecule has 16 heavy (non-hydrogen) atoms. The van der Waals surface area contributed by atoms with Crippen molar-refractivity contribution in [3.8, 4) is 0 Å². The van der Waals surface area contributed by atoms with Gasteiger partial charge in [0.1, 0.15) is 0 Å². The van der Waals surface area contributed by atoms with Gasteiger partial charge < -0.3 is 9.84 Å². The quantitative estimate of drug-likeness (QED) is 0.799. The SMILES string of the molecule is CCC1CN(CCC(O)C(C)(C)C)CCO1. The van der Waals surface area contributed by atoms with Gasteiger partial charge in [0.25, 0.3) is 0 Å². The predicted octanol–water partition coefficient (Wildman–Crippen LogP) is 1.89. The van der Waals surface area contributed by atoms with E-state index in [1.165, 1.54) is 0 Å². The molecule has 0 aliphatic carbocycles. The molecule has 96 valence electrons. The van der Waals surface area contributed by atoms with Crippen LogP contribution in [-0.4, -0.2) is 48.5 Å². The van der Waals surface area contributed by atoms with Crippen LogP contribution >= 0.6 is 0 Å². The van der Waals surface area contributed by atoms with Gasteiger partial charge in [-0.05, 0) is 18.3 Å². The summed E-state index contributed by atoms with van der Waals surface area (Å²) in [6.45, 7) is 12.3. The van der Waals surface area contributed by atoms with Gasteiger partial charge >= 0.3 is 0 Å². The Kier molecular flexibility index (Phi) is 5.22. The van der Waals surface area contributed by atoms with Crippen molar-refractivity contribution in [2.75, 3.05) is 26.2 Å². The van der Waals surface area contributed by atoms with Crippen LogP contribution in [0.25, 0.3) is 0 Å². The van der Waals surface area contributed by atoms with Gasteiger partial charge in [-0.3, -0.25) is 4.90 Å². The summed E-state index contributed by atoms with van der Waals surface area (Å²) in [5.41, 5.74) is -0.00353. The molecule has 0 aromatic heterocycles. The zero-order valence-electron chi connectivity index (χ0n) is 11.2. The second kappa shape index (κ2) is 5.99. The van der Waals surface area contributed by atoms with Gasteiger partial charge in [0.15, 0.2) is 0 Å². The highest BCUT2D eigenvalue weighted by atomic mass is 16.5. The average molecular weight is 229 g/mol. The number of nitrogens with zero attached hydrogens (tertiary/aromatic N) is 1. The summed E-state index contributed by atoms with van der Waals surface area (Å²) < 4.78 is 5.63. The molecule has 0 amide bonds. The average Bonchev–Trinajstić information content (AvgIpc) is 2.25. The lowest BCUT2D eigenvalue weighted by atomic mass is 9.87. The first-order valence-electron chi connectivity index (χ1n) is 6.45. The van der Waals surface area contributed by atoms with Gasteiger partial charge in [-0.25, -0.2) is 0 Å². The van der Waals surface area contributed by atoms with Crippen molar-refractivity contribution in [3.63, 3.8) is 0 Å². The Morgan fingerprint density at radius 3 is 2.69 bits per heavy atom. The summed E-state index contributed by atoms with van der Waals surface area (Å²) in [4.78, 5) is 2.41. The lowest BCUT2D eigenvalue weighted by molar-refractivity contribution is -0.0373. The van der Waals surface area contributed by atoms with Gasteiger partial charge in [0.05, 0.1) is 18.8 Å². The van der Waals surface area contributed by atoms with Crippen LogP contribution in [0.15, 0.2) is 0 Å². The van der Waals surface area contributed by atoms with Crippen LogP contribution in [0.3, 0.4) is 0 Å². The number of ether oxygens (including phenoxy) is 1. The minimum Gasteiger partial charge on any atom is -0.393 e. The van der Waals surface area contributed by atoms with E-state index in [4.69, 9.17) is 4.74 Å². The number of hydrogen-bond donors (Lipinski definition) is 1. The van der Waals surface area contributed by atoms with Crippen LogP contribution in [0.1, 0.15) is 40.5 Å². The number of rotatable bonds is 4. The summed E-state index contributed by atoms with van der Waals surface area (Å²) in [6, 6.07) is 0. The van der Waals surface area contributed by atoms with E-state index in [0.717, 1.165) is 39.1 Å². The van der Waals surface area contributed by atoms with E-state index < -0.39 is 0 Å². The molecule has 3 heteroatoms. The Balaban J connectivity index is 2.27. The highest BCUT2D eigenvalue weighted by Gasteiger charge is 2.24. The van der Waals surface area contributed by atoms with Gasteiger partial charge in [0, 0.05) is 19.6 Å². The third-order valence-electron chi connectivity index (χ3n) is 3.40. The Morgan fingerprint density at radius 2 is 2.12 bits per heavy atom. The largest absolute Gasteiger partial charge is 0.393 e.